The maximum atomic E-state index is 10.6. The largest absolute Gasteiger partial charge is 0.481 e. The number of rotatable bonds is 6. The molecule has 0 aliphatic carbocycles. The van der Waals surface area contributed by atoms with E-state index in [1.165, 1.54) is 0 Å². The van der Waals surface area contributed by atoms with Crippen molar-refractivity contribution in [2.45, 2.75) is 25.3 Å². The summed E-state index contributed by atoms with van der Waals surface area (Å²) in [5, 5.41) is 15.1. The first kappa shape index (κ1) is 11.2. The lowest BCUT2D eigenvalue weighted by Crippen LogP contribution is -2.68. The smallest absolute Gasteiger partial charge is 0.305 e. The van der Waals surface area contributed by atoms with Crippen LogP contribution in [0.4, 0.5) is 0 Å². The Morgan fingerprint density at radius 2 is 2.36 bits per heavy atom. The normalized spacial score (nSPS) is 19.5. The number of hydrogen-bond donors (Lipinski definition) is 3. The fourth-order valence-corrected chi connectivity index (χ4v) is 1.62. The molecule has 1 saturated heterocycles. The lowest BCUT2D eigenvalue weighted by molar-refractivity contribution is -0.139. The first-order chi connectivity index (χ1) is 6.68. The SMILES string of the molecule is C/C=C/CCNC1(CC(=O)O)CNC1. The van der Waals surface area contributed by atoms with Gasteiger partial charge in [-0.2, -0.15) is 0 Å². The molecule has 4 nitrogen and oxygen atoms in total. The first-order valence-corrected chi connectivity index (χ1v) is 4.97. The van der Waals surface area contributed by atoms with Crippen LogP contribution in [0.1, 0.15) is 19.8 Å². The minimum atomic E-state index is -0.731. The molecule has 0 aromatic heterocycles. The summed E-state index contributed by atoms with van der Waals surface area (Å²) in [5.41, 5.74) is -0.201. The third-order valence-corrected chi connectivity index (χ3v) is 2.46. The summed E-state index contributed by atoms with van der Waals surface area (Å²) >= 11 is 0. The monoisotopic (exact) mass is 198 g/mol. The van der Waals surface area contributed by atoms with E-state index in [1.54, 1.807) is 0 Å². The van der Waals surface area contributed by atoms with Crippen LogP contribution in [0.5, 0.6) is 0 Å². The van der Waals surface area contributed by atoms with Crippen LogP contribution >= 0.6 is 0 Å². The molecule has 1 aliphatic rings. The van der Waals surface area contributed by atoms with Gasteiger partial charge in [0.2, 0.25) is 0 Å². The van der Waals surface area contributed by atoms with Crippen molar-refractivity contribution in [3.63, 3.8) is 0 Å². The van der Waals surface area contributed by atoms with Crippen molar-refractivity contribution in [2.75, 3.05) is 19.6 Å². The van der Waals surface area contributed by atoms with Crippen LogP contribution in [-0.2, 0) is 4.79 Å². The molecule has 0 spiro atoms. The lowest BCUT2D eigenvalue weighted by atomic mass is 9.88. The molecule has 0 radical (unpaired) electrons. The van der Waals surface area contributed by atoms with E-state index in [-0.39, 0.29) is 12.0 Å². The van der Waals surface area contributed by atoms with Crippen LogP contribution < -0.4 is 10.6 Å². The van der Waals surface area contributed by atoms with Gasteiger partial charge in [0, 0.05) is 13.1 Å². The molecule has 4 heteroatoms. The van der Waals surface area contributed by atoms with E-state index in [0.717, 1.165) is 26.1 Å². The maximum Gasteiger partial charge on any atom is 0.305 e. The number of carboxylic acid groups (broad SMARTS) is 1. The Balaban J connectivity index is 2.27. The second kappa shape index (κ2) is 5.12. The number of carboxylic acids is 1. The van der Waals surface area contributed by atoms with E-state index < -0.39 is 5.97 Å². The molecule has 1 rings (SSSR count). The number of aliphatic carboxylic acids is 1. The number of allylic oxidation sites excluding steroid dienone is 1. The van der Waals surface area contributed by atoms with E-state index in [4.69, 9.17) is 5.11 Å². The van der Waals surface area contributed by atoms with Crippen molar-refractivity contribution in [1.82, 2.24) is 10.6 Å². The fraction of sp³-hybridized carbons (Fsp3) is 0.700. The highest BCUT2D eigenvalue weighted by Crippen LogP contribution is 2.15. The van der Waals surface area contributed by atoms with Gasteiger partial charge in [0.25, 0.3) is 0 Å². The molecular formula is C10H18N2O2. The fourth-order valence-electron chi connectivity index (χ4n) is 1.62. The Hall–Kier alpha value is -0.870. The molecular weight excluding hydrogens is 180 g/mol. The van der Waals surface area contributed by atoms with Gasteiger partial charge in [0.1, 0.15) is 0 Å². The summed E-state index contributed by atoms with van der Waals surface area (Å²) in [6.07, 6.45) is 5.24. The number of hydrogen-bond acceptors (Lipinski definition) is 3. The van der Waals surface area contributed by atoms with Crippen LogP contribution in [0.2, 0.25) is 0 Å². The third kappa shape index (κ3) is 3.12. The summed E-state index contributed by atoms with van der Waals surface area (Å²) in [6.45, 7) is 4.35. The summed E-state index contributed by atoms with van der Waals surface area (Å²) in [5.74, 6) is -0.731. The van der Waals surface area contributed by atoms with E-state index in [9.17, 15) is 4.79 Å². The van der Waals surface area contributed by atoms with Crippen LogP contribution in [0.3, 0.4) is 0 Å². The van der Waals surface area contributed by atoms with Gasteiger partial charge in [-0.15, -0.1) is 0 Å². The van der Waals surface area contributed by atoms with E-state index in [2.05, 4.69) is 16.7 Å². The lowest BCUT2D eigenvalue weighted by Gasteiger charge is -2.42. The third-order valence-electron chi connectivity index (χ3n) is 2.46. The molecule has 0 saturated carbocycles. The molecule has 0 bridgehead atoms. The predicted octanol–water partition coefficient (Wildman–Crippen LogP) is 0.359. The zero-order chi connectivity index (χ0) is 10.4. The van der Waals surface area contributed by atoms with Crippen molar-refractivity contribution in [2.24, 2.45) is 0 Å². The number of carbonyl (C=O) groups is 1. The average Bonchev–Trinajstić information content (AvgIpc) is 2.07. The van der Waals surface area contributed by atoms with Gasteiger partial charge < -0.3 is 15.7 Å². The highest BCUT2D eigenvalue weighted by molar-refractivity contribution is 5.68. The highest BCUT2D eigenvalue weighted by atomic mass is 16.4. The highest BCUT2D eigenvalue weighted by Gasteiger charge is 2.38. The molecule has 1 heterocycles. The topological polar surface area (TPSA) is 61.4 Å². The molecule has 3 N–H and O–H groups in total. The summed E-state index contributed by atoms with van der Waals surface area (Å²) in [7, 11) is 0. The molecule has 14 heavy (non-hydrogen) atoms. The number of nitrogens with one attached hydrogen (secondary N) is 2. The van der Waals surface area contributed by atoms with Crippen molar-refractivity contribution in [1.29, 1.82) is 0 Å². The van der Waals surface area contributed by atoms with Crippen molar-refractivity contribution >= 4 is 5.97 Å². The van der Waals surface area contributed by atoms with E-state index in [0.29, 0.717) is 0 Å². The zero-order valence-corrected chi connectivity index (χ0v) is 8.55. The standard InChI is InChI=1S/C10H18N2O2/c1-2-3-4-5-12-10(6-9(13)14)7-11-8-10/h2-3,11-12H,4-8H2,1H3,(H,13,14)/b3-2+. The second-order valence-electron chi connectivity index (χ2n) is 3.74. The quantitative estimate of drug-likeness (QED) is 0.426. The van der Waals surface area contributed by atoms with Crippen LogP contribution in [0.15, 0.2) is 12.2 Å². The summed E-state index contributed by atoms with van der Waals surface area (Å²) in [4.78, 5) is 10.6. The van der Waals surface area contributed by atoms with Crippen molar-refractivity contribution in [3.8, 4) is 0 Å². The Morgan fingerprint density at radius 1 is 1.64 bits per heavy atom. The Kier molecular flexibility index (Phi) is 4.10. The molecule has 0 atom stereocenters. The average molecular weight is 198 g/mol. The van der Waals surface area contributed by atoms with E-state index >= 15 is 0 Å². The minimum Gasteiger partial charge on any atom is -0.481 e. The van der Waals surface area contributed by atoms with Crippen LogP contribution in [0, 0.1) is 0 Å². The van der Waals surface area contributed by atoms with Gasteiger partial charge in [-0.05, 0) is 19.9 Å². The van der Waals surface area contributed by atoms with Gasteiger partial charge in [0.15, 0.2) is 0 Å². The molecule has 0 aromatic carbocycles. The molecule has 0 aromatic rings. The predicted molar refractivity (Wildman–Crippen MR) is 55.3 cm³/mol. The summed E-state index contributed by atoms with van der Waals surface area (Å²) in [6, 6.07) is 0. The van der Waals surface area contributed by atoms with Gasteiger partial charge in [0.05, 0.1) is 12.0 Å². The van der Waals surface area contributed by atoms with Gasteiger partial charge >= 0.3 is 5.97 Å². The summed E-state index contributed by atoms with van der Waals surface area (Å²) < 4.78 is 0. The minimum absolute atomic E-state index is 0.201. The second-order valence-corrected chi connectivity index (χ2v) is 3.74. The Bertz CT molecular complexity index is 222. The molecule has 80 valence electrons. The zero-order valence-electron chi connectivity index (χ0n) is 8.55. The van der Waals surface area contributed by atoms with Gasteiger partial charge in [-0.3, -0.25) is 4.79 Å². The van der Waals surface area contributed by atoms with Gasteiger partial charge in [-0.1, -0.05) is 12.2 Å². The Labute approximate surface area is 84.4 Å². The van der Waals surface area contributed by atoms with Crippen LogP contribution in [-0.4, -0.2) is 36.2 Å². The van der Waals surface area contributed by atoms with Crippen molar-refractivity contribution in [3.05, 3.63) is 12.2 Å². The maximum absolute atomic E-state index is 10.6. The van der Waals surface area contributed by atoms with Crippen molar-refractivity contribution < 1.29 is 9.90 Å². The van der Waals surface area contributed by atoms with Gasteiger partial charge in [-0.25, -0.2) is 0 Å². The molecule has 1 fully saturated rings. The molecule has 1 aliphatic heterocycles. The van der Waals surface area contributed by atoms with Crippen LogP contribution in [0.25, 0.3) is 0 Å². The first-order valence-electron chi connectivity index (χ1n) is 4.97. The molecule has 0 amide bonds. The van der Waals surface area contributed by atoms with E-state index in [1.807, 2.05) is 13.0 Å². The Morgan fingerprint density at radius 3 is 2.79 bits per heavy atom. The molecule has 0 unspecified atom stereocenters.